The summed E-state index contributed by atoms with van der Waals surface area (Å²) in [7, 11) is 3.00. The van der Waals surface area contributed by atoms with E-state index in [2.05, 4.69) is 6.92 Å². The summed E-state index contributed by atoms with van der Waals surface area (Å²) in [6.07, 6.45) is 8.62. The van der Waals surface area contributed by atoms with Crippen molar-refractivity contribution in [2.45, 2.75) is 90.2 Å². The number of carbonyl (C=O) groups is 2. The van der Waals surface area contributed by atoms with Gasteiger partial charge >= 0.3 is 5.97 Å². The molecule has 0 spiro atoms. The number of benzene rings is 1. The number of hydrogen-bond acceptors (Lipinski definition) is 5. The average Bonchev–Trinajstić information content (AvgIpc) is 2.85. The molecule has 1 aromatic carbocycles. The van der Waals surface area contributed by atoms with Gasteiger partial charge in [0.15, 0.2) is 11.6 Å². The minimum absolute atomic E-state index is 0.0135. The number of carbonyl (C=O) groups excluding carboxylic acids is 2. The van der Waals surface area contributed by atoms with E-state index in [9.17, 15) is 9.59 Å². The zero-order valence-electron chi connectivity index (χ0n) is 21.1. The number of rotatable bonds is 9. The van der Waals surface area contributed by atoms with Gasteiger partial charge in [0, 0.05) is 25.1 Å². The predicted molar refractivity (Wildman–Crippen MR) is 130 cm³/mol. The van der Waals surface area contributed by atoms with E-state index >= 15 is 4.39 Å². The molecule has 190 valence electrons. The summed E-state index contributed by atoms with van der Waals surface area (Å²) in [4.78, 5) is 28.4. The third kappa shape index (κ3) is 6.29. The molecule has 1 amide bonds. The third-order valence-corrected chi connectivity index (χ3v) is 7.42. The molecule has 0 unspecified atom stereocenters. The maximum Gasteiger partial charge on any atom is 0.340 e. The molecule has 3 rings (SSSR count). The lowest BCUT2D eigenvalue weighted by Gasteiger charge is -2.40. The molecule has 2 aliphatic carbocycles. The van der Waals surface area contributed by atoms with Crippen LogP contribution in [0.25, 0.3) is 0 Å². The first-order valence-electron chi connectivity index (χ1n) is 12.8. The second-order valence-corrected chi connectivity index (χ2v) is 9.82. The Kier molecular flexibility index (Phi) is 9.74. The lowest BCUT2D eigenvalue weighted by molar-refractivity contribution is -0.124. The van der Waals surface area contributed by atoms with Crippen LogP contribution in [-0.2, 0) is 14.3 Å². The number of amides is 1. The molecule has 2 aliphatic rings. The van der Waals surface area contributed by atoms with Crippen molar-refractivity contribution in [1.82, 2.24) is 0 Å². The van der Waals surface area contributed by atoms with Gasteiger partial charge in [0.2, 0.25) is 5.91 Å². The molecular formula is C27H40FNO5. The fourth-order valence-electron chi connectivity index (χ4n) is 5.19. The number of esters is 1. The molecule has 0 aromatic heterocycles. The summed E-state index contributed by atoms with van der Waals surface area (Å²) in [5, 5.41) is 0. The predicted octanol–water partition coefficient (Wildman–Crippen LogP) is 5.91. The SMILES string of the molecule is CCCCOc1cc(C(=O)OC)c(N(C(=O)[C@H]2CC[C@H](C)CC2)C2CCC(OC)CC2)cc1F. The Morgan fingerprint density at radius 1 is 1.03 bits per heavy atom. The van der Waals surface area contributed by atoms with Crippen LogP contribution >= 0.6 is 0 Å². The van der Waals surface area contributed by atoms with E-state index in [0.29, 0.717) is 12.5 Å². The molecule has 0 radical (unpaired) electrons. The van der Waals surface area contributed by atoms with Crippen LogP contribution in [0.5, 0.6) is 5.75 Å². The Labute approximate surface area is 203 Å². The van der Waals surface area contributed by atoms with Crippen LogP contribution in [0.4, 0.5) is 10.1 Å². The monoisotopic (exact) mass is 477 g/mol. The number of anilines is 1. The summed E-state index contributed by atoms with van der Waals surface area (Å²) in [6, 6.07) is 2.57. The van der Waals surface area contributed by atoms with Gasteiger partial charge in [-0.15, -0.1) is 0 Å². The van der Waals surface area contributed by atoms with Crippen LogP contribution in [0.15, 0.2) is 12.1 Å². The van der Waals surface area contributed by atoms with Gasteiger partial charge < -0.3 is 19.1 Å². The van der Waals surface area contributed by atoms with Gasteiger partial charge in [0.05, 0.1) is 31.1 Å². The molecule has 0 N–H and O–H groups in total. The number of halogens is 1. The molecule has 0 heterocycles. The highest BCUT2D eigenvalue weighted by atomic mass is 19.1. The van der Waals surface area contributed by atoms with Crippen LogP contribution in [0.1, 0.15) is 88.4 Å². The Bertz CT molecular complexity index is 829. The van der Waals surface area contributed by atoms with Crippen molar-refractivity contribution < 1.29 is 28.2 Å². The number of hydrogen-bond donors (Lipinski definition) is 0. The van der Waals surface area contributed by atoms with E-state index < -0.39 is 11.8 Å². The van der Waals surface area contributed by atoms with E-state index in [4.69, 9.17) is 14.2 Å². The standard InChI is InChI=1S/C27H40FNO5/c1-5-6-15-34-25-16-22(27(31)33-4)24(17-23(25)28)29(20-11-13-21(32-3)14-12-20)26(30)19-9-7-18(2)8-10-19/h16-21H,5-15H2,1-4H3/t18-,19-,20?,21?. The Morgan fingerprint density at radius 3 is 2.29 bits per heavy atom. The Hall–Kier alpha value is -2.15. The quantitative estimate of drug-likeness (QED) is 0.327. The zero-order valence-corrected chi connectivity index (χ0v) is 21.1. The fourth-order valence-corrected chi connectivity index (χ4v) is 5.19. The minimum Gasteiger partial charge on any atom is -0.490 e. The maximum atomic E-state index is 15.2. The van der Waals surface area contributed by atoms with Crippen molar-refractivity contribution in [2.75, 3.05) is 25.7 Å². The van der Waals surface area contributed by atoms with Crippen LogP contribution in [0, 0.1) is 17.7 Å². The summed E-state index contributed by atoms with van der Waals surface area (Å²) in [5.74, 6) is -0.686. The second kappa shape index (κ2) is 12.5. The lowest BCUT2D eigenvalue weighted by Crippen LogP contribution is -2.47. The van der Waals surface area contributed by atoms with Crippen molar-refractivity contribution in [2.24, 2.45) is 11.8 Å². The van der Waals surface area contributed by atoms with E-state index in [-0.39, 0.29) is 41.0 Å². The number of methoxy groups -OCH3 is 2. The van der Waals surface area contributed by atoms with Gasteiger partial charge in [-0.3, -0.25) is 4.79 Å². The Morgan fingerprint density at radius 2 is 1.71 bits per heavy atom. The van der Waals surface area contributed by atoms with Crippen LogP contribution in [-0.4, -0.2) is 44.8 Å². The van der Waals surface area contributed by atoms with Crippen LogP contribution in [0.2, 0.25) is 0 Å². The highest BCUT2D eigenvalue weighted by Gasteiger charge is 2.37. The molecule has 0 aliphatic heterocycles. The molecular weight excluding hydrogens is 437 g/mol. The van der Waals surface area contributed by atoms with Gasteiger partial charge in [-0.2, -0.15) is 0 Å². The van der Waals surface area contributed by atoms with Gasteiger partial charge in [-0.1, -0.05) is 20.3 Å². The van der Waals surface area contributed by atoms with E-state index in [1.165, 1.54) is 19.2 Å². The van der Waals surface area contributed by atoms with Gasteiger partial charge in [-0.05, 0) is 69.8 Å². The highest BCUT2D eigenvalue weighted by molar-refractivity contribution is 6.04. The van der Waals surface area contributed by atoms with Gasteiger partial charge in [0.25, 0.3) is 0 Å². The van der Waals surface area contributed by atoms with Crippen LogP contribution < -0.4 is 9.64 Å². The third-order valence-electron chi connectivity index (χ3n) is 7.42. The van der Waals surface area contributed by atoms with Crippen molar-refractivity contribution in [1.29, 1.82) is 0 Å². The fraction of sp³-hybridized carbons (Fsp3) is 0.704. The van der Waals surface area contributed by atoms with Crippen LogP contribution in [0.3, 0.4) is 0 Å². The molecule has 1 aromatic rings. The second-order valence-electron chi connectivity index (χ2n) is 9.82. The molecule has 2 fully saturated rings. The zero-order chi connectivity index (χ0) is 24.7. The molecule has 7 heteroatoms. The summed E-state index contributed by atoms with van der Waals surface area (Å²) < 4.78 is 31.4. The van der Waals surface area contributed by atoms with Crippen molar-refractivity contribution in [3.8, 4) is 5.75 Å². The first-order valence-corrected chi connectivity index (χ1v) is 12.8. The lowest BCUT2D eigenvalue weighted by atomic mass is 9.81. The first-order chi connectivity index (χ1) is 16.4. The van der Waals surface area contributed by atoms with Crippen molar-refractivity contribution in [3.63, 3.8) is 0 Å². The highest BCUT2D eigenvalue weighted by Crippen LogP contribution is 2.38. The Balaban J connectivity index is 2.00. The normalized spacial score (nSPS) is 25.0. The van der Waals surface area contributed by atoms with E-state index in [0.717, 1.165) is 64.2 Å². The summed E-state index contributed by atoms with van der Waals surface area (Å²) >= 11 is 0. The minimum atomic E-state index is -0.601. The molecule has 2 saturated carbocycles. The van der Waals surface area contributed by atoms with E-state index in [1.807, 2.05) is 6.92 Å². The largest absolute Gasteiger partial charge is 0.490 e. The first kappa shape index (κ1) is 26.5. The molecule has 0 saturated heterocycles. The topological polar surface area (TPSA) is 65.1 Å². The molecule has 0 atom stereocenters. The van der Waals surface area contributed by atoms with Gasteiger partial charge in [0.1, 0.15) is 0 Å². The number of ether oxygens (including phenoxy) is 3. The summed E-state index contributed by atoms with van der Waals surface area (Å²) in [6.45, 7) is 4.60. The maximum absolute atomic E-state index is 15.2. The number of unbranched alkanes of at least 4 members (excludes halogenated alkanes) is 1. The molecule has 6 nitrogen and oxygen atoms in total. The summed E-state index contributed by atoms with van der Waals surface area (Å²) in [5.41, 5.74) is 0.457. The van der Waals surface area contributed by atoms with Crippen molar-refractivity contribution in [3.05, 3.63) is 23.5 Å². The van der Waals surface area contributed by atoms with E-state index in [1.54, 1.807) is 12.0 Å². The van der Waals surface area contributed by atoms with Gasteiger partial charge in [-0.25, -0.2) is 9.18 Å². The smallest absolute Gasteiger partial charge is 0.340 e. The molecule has 34 heavy (non-hydrogen) atoms. The number of nitrogens with zero attached hydrogens (tertiary/aromatic N) is 1. The van der Waals surface area contributed by atoms with Crippen molar-refractivity contribution >= 4 is 17.6 Å². The average molecular weight is 478 g/mol. The molecule has 0 bridgehead atoms.